The molecule has 0 aliphatic carbocycles. The molecule has 4 rings (SSSR count). The maximum absolute atomic E-state index is 12.6. The average molecular weight is 390 g/mol. The molecule has 6 nitrogen and oxygen atoms in total. The molecular formula is C23H27N5O. The Balaban J connectivity index is 1.23. The fraction of sp³-hybridized carbons (Fsp3) is 0.348. The van der Waals surface area contributed by atoms with Crippen LogP contribution in [0.1, 0.15) is 29.5 Å². The van der Waals surface area contributed by atoms with E-state index in [-0.39, 0.29) is 11.8 Å². The third-order valence-corrected chi connectivity index (χ3v) is 5.50. The minimum Gasteiger partial charge on any atom is -0.357 e. The number of hydrogen-bond acceptors (Lipinski definition) is 4. The van der Waals surface area contributed by atoms with E-state index in [2.05, 4.69) is 56.6 Å². The Morgan fingerprint density at radius 3 is 2.52 bits per heavy atom. The molecule has 0 saturated carbocycles. The Morgan fingerprint density at radius 1 is 1.10 bits per heavy atom. The summed E-state index contributed by atoms with van der Waals surface area (Å²) in [5, 5.41) is 3.11. The molecule has 1 amide bonds. The summed E-state index contributed by atoms with van der Waals surface area (Å²) in [5.41, 5.74) is 3.50. The Kier molecular flexibility index (Phi) is 5.89. The van der Waals surface area contributed by atoms with Gasteiger partial charge in [0.1, 0.15) is 5.82 Å². The minimum atomic E-state index is 0.0808. The number of anilines is 1. The van der Waals surface area contributed by atoms with Crippen LogP contribution < -0.4 is 10.2 Å². The van der Waals surface area contributed by atoms with Gasteiger partial charge in [0.25, 0.3) is 0 Å². The van der Waals surface area contributed by atoms with Crippen LogP contribution in [0.4, 0.5) is 5.82 Å². The van der Waals surface area contributed by atoms with Gasteiger partial charge in [-0.15, -0.1) is 0 Å². The molecule has 6 heteroatoms. The number of carbonyl (C=O) groups excluding carboxylic acids is 1. The van der Waals surface area contributed by atoms with Crippen molar-refractivity contribution in [2.24, 2.45) is 5.92 Å². The molecular weight excluding hydrogens is 362 g/mol. The van der Waals surface area contributed by atoms with Crippen LogP contribution in [-0.2, 0) is 17.9 Å². The van der Waals surface area contributed by atoms with E-state index in [0.29, 0.717) is 6.54 Å². The second-order valence-corrected chi connectivity index (χ2v) is 7.72. The second kappa shape index (κ2) is 8.90. The number of benzene rings is 1. The summed E-state index contributed by atoms with van der Waals surface area (Å²) >= 11 is 0. The van der Waals surface area contributed by atoms with Crippen LogP contribution in [0.15, 0.2) is 61.3 Å². The topological polar surface area (TPSA) is 63.1 Å². The number of nitrogens with one attached hydrogen (secondary N) is 1. The van der Waals surface area contributed by atoms with E-state index in [1.807, 2.05) is 30.2 Å². The molecule has 0 atom stereocenters. The van der Waals surface area contributed by atoms with E-state index in [0.717, 1.165) is 49.4 Å². The molecule has 2 aromatic heterocycles. The molecule has 1 N–H and O–H groups in total. The Bertz CT molecular complexity index is 911. The highest BCUT2D eigenvalue weighted by Gasteiger charge is 2.25. The number of imidazole rings is 1. The van der Waals surface area contributed by atoms with Crippen LogP contribution in [0.3, 0.4) is 0 Å². The van der Waals surface area contributed by atoms with E-state index in [1.165, 1.54) is 5.56 Å². The highest BCUT2D eigenvalue weighted by atomic mass is 16.1. The van der Waals surface area contributed by atoms with Crippen LogP contribution in [0.5, 0.6) is 0 Å². The summed E-state index contributed by atoms with van der Waals surface area (Å²) in [6.45, 7) is 5.17. The van der Waals surface area contributed by atoms with E-state index in [4.69, 9.17) is 0 Å². The van der Waals surface area contributed by atoms with Gasteiger partial charge in [-0.3, -0.25) is 4.79 Å². The number of amides is 1. The fourth-order valence-corrected chi connectivity index (χ4v) is 3.70. The monoisotopic (exact) mass is 389 g/mol. The Morgan fingerprint density at radius 2 is 1.86 bits per heavy atom. The lowest BCUT2D eigenvalue weighted by molar-refractivity contribution is -0.125. The lowest BCUT2D eigenvalue weighted by Crippen LogP contribution is -2.40. The number of piperidine rings is 1. The number of nitrogens with zero attached hydrogens (tertiary/aromatic N) is 4. The average Bonchev–Trinajstić information content (AvgIpc) is 3.27. The summed E-state index contributed by atoms with van der Waals surface area (Å²) in [7, 11) is 0. The van der Waals surface area contributed by atoms with Gasteiger partial charge in [0.05, 0.1) is 6.33 Å². The van der Waals surface area contributed by atoms with E-state index >= 15 is 0 Å². The maximum Gasteiger partial charge on any atom is 0.223 e. The zero-order valence-corrected chi connectivity index (χ0v) is 16.8. The minimum absolute atomic E-state index is 0.0808. The molecule has 0 unspecified atom stereocenters. The third kappa shape index (κ3) is 5.02. The van der Waals surface area contributed by atoms with Crippen LogP contribution in [0.2, 0.25) is 0 Å². The van der Waals surface area contributed by atoms with Gasteiger partial charge in [-0.2, -0.15) is 0 Å². The summed E-state index contributed by atoms with van der Waals surface area (Å²) in [5.74, 6) is 1.24. The normalized spacial score (nSPS) is 14.7. The number of pyridine rings is 1. The van der Waals surface area contributed by atoms with Gasteiger partial charge in [0.2, 0.25) is 5.91 Å². The fourth-order valence-electron chi connectivity index (χ4n) is 3.70. The van der Waals surface area contributed by atoms with Crippen molar-refractivity contribution in [1.82, 2.24) is 19.9 Å². The van der Waals surface area contributed by atoms with Crippen molar-refractivity contribution < 1.29 is 4.79 Å². The van der Waals surface area contributed by atoms with Gasteiger partial charge < -0.3 is 14.8 Å². The first-order chi connectivity index (χ1) is 14.2. The van der Waals surface area contributed by atoms with Crippen LogP contribution in [-0.4, -0.2) is 33.5 Å². The lowest BCUT2D eigenvalue weighted by atomic mass is 9.95. The zero-order chi connectivity index (χ0) is 20.1. The smallest absolute Gasteiger partial charge is 0.223 e. The molecule has 29 heavy (non-hydrogen) atoms. The molecule has 3 heterocycles. The van der Waals surface area contributed by atoms with Crippen molar-refractivity contribution in [3.05, 3.63) is 78.0 Å². The number of aryl methyl sites for hydroxylation is 1. The van der Waals surface area contributed by atoms with Gasteiger partial charge in [0.15, 0.2) is 0 Å². The maximum atomic E-state index is 12.6. The van der Waals surface area contributed by atoms with Gasteiger partial charge in [0, 0.05) is 50.7 Å². The third-order valence-electron chi connectivity index (χ3n) is 5.50. The van der Waals surface area contributed by atoms with Crippen LogP contribution >= 0.6 is 0 Å². The lowest BCUT2D eigenvalue weighted by Gasteiger charge is -2.32. The summed E-state index contributed by atoms with van der Waals surface area (Å²) in [6.07, 6.45) is 9.18. The summed E-state index contributed by atoms with van der Waals surface area (Å²) in [6, 6.07) is 12.5. The number of hydrogen-bond donors (Lipinski definition) is 1. The molecule has 1 aliphatic rings. The molecule has 0 spiro atoms. The van der Waals surface area contributed by atoms with E-state index < -0.39 is 0 Å². The first-order valence-corrected chi connectivity index (χ1v) is 10.2. The van der Waals surface area contributed by atoms with Crippen molar-refractivity contribution in [2.45, 2.75) is 32.9 Å². The molecule has 0 bridgehead atoms. The quantitative estimate of drug-likeness (QED) is 0.703. The zero-order valence-electron chi connectivity index (χ0n) is 16.8. The van der Waals surface area contributed by atoms with Crippen LogP contribution in [0.25, 0.3) is 0 Å². The highest BCUT2D eigenvalue weighted by molar-refractivity contribution is 5.79. The molecule has 1 saturated heterocycles. The predicted molar refractivity (Wildman–Crippen MR) is 114 cm³/mol. The van der Waals surface area contributed by atoms with Crippen molar-refractivity contribution in [3.63, 3.8) is 0 Å². The van der Waals surface area contributed by atoms with E-state index in [9.17, 15) is 4.79 Å². The molecule has 1 aliphatic heterocycles. The van der Waals surface area contributed by atoms with Crippen molar-refractivity contribution >= 4 is 11.7 Å². The molecule has 150 valence electrons. The predicted octanol–water partition coefficient (Wildman–Crippen LogP) is 3.17. The van der Waals surface area contributed by atoms with Crippen molar-refractivity contribution in [1.29, 1.82) is 0 Å². The highest BCUT2D eigenvalue weighted by Crippen LogP contribution is 2.22. The number of aromatic nitrogens is 3. The molecule has 3 aromatic rings. The Labute approximate surface area is 171 Å². The largest absolute Gasteiger partial charge is 0.357 e. The summed E-state index contributed by atoms with van der Waals surface area (Å²) in [4.78, 5) is 23.4. The first kappa shape index (κ1) is 19.2. The number of carbonyl (C=O) groups is 1. The first-order valence-electron chi connectivity index (χ1n) is 10.2. The van der Waals surface area contributed by atoms with Crippen molar-refractivity contribution in [3.8, 4) is 0 Å². The molecule has 1 fully saturated rings. The second-order valence-electron chi connectivity index (χ2n) is 7.72. The van der Waals surface area contributed by atoms with Crippen molar-refractivity contribution in [2.75, 3.05) is 18.0 Å². The SMILES string of the molecule is Cc1ccc(N2CCC(C(=O)NCc3ccc(Cn4ccnc4)cc3)CC2)nc1. The standard InChI is InChI=1S/C23H27N5O/c1-18-2-7-22(25-14-18)28-11-8-21(9-12-28)23(29)26-15-19-3-5-20(6-4-19)16-27-13-10-24-17-27/h2-7,10,13-14,17,21H,8-9,11-12,15-16H2,1H3,(H,26,29). The van der Waals surface area contributed by atoms with Gasteiger partial charge in [-0.25, -0.2) is 9.97 Å². The van der Waals surface area contributed by atoms with Crippen LogP contribution in [0, 0.1) is 12.8 Å². The van der Waals surface area contributed by atoms with Gasteiger partial charge >= 0.3 is 0 Å². The number of rotatable bonds is 6. The van der Waals surface area contributed by atoms with Gasteiger partial charge in [-0.05, 0) is 42.5 Å². The summed E-state index contributed by atoms with van der Waals surface area (Å²) < 4.78 is 2.04. The van der Waals surface area contributed by atoms with Gasteiger partial charge in [-0.1, -0.05) is 30.3 Å². The van der Waals surface area contributed by atoms with E-state index in [1.54, 1.807) is 6.20 Å². The molecule has 0 radical (unpaired) electrons. The Hall–Kier alpha value is -3.15. The molecule has 1 aromatic carbocycles.